The summed E-state index contributed by atoms with van der Waals surface area (Å²) < 4.78 is 1.22. The molecule has 0 aliphatic heterocycles. The summed E-state index contributed by atoms with van der Waals surface area (Å²) in [6.07, 6.45) is 2.48. The molecule has 0 saturated heterocycles. The van der Waals surface area contributed by atoms with E-state index in [2.05, 4.69) is 15.1 Å². The van der Waals surface area contributed by atoms with E-state index in [1.165, 1.54) is 17.1 Å². The fourth-order valence-electron chi connectivity index (χ4n) is 1.73. The third-order valence-corrected chi connectivity index (χ3v) is 2.65. The Hall–Kier alpha value is -2.96. The average Bonchev–Trinajstić information content (AvgIpc) is 3.25. The van der Waals surface area contributed by atoms with Gasteiger partial charge in [-0.15, -0.1) is 0 Å². The second kappa shape index (κ2) is 15.3. The number of fused-ring (bicyclic) bond motifs is 1. The van der Waals surface area contributed by atoms with E-state index >= 15 is 0 Å². The van der Waals surface area contributed by atoms with Gasteiger partial charge in [-0.25, -0.2) is 14.5 Å². The maximum absolute atomic E-state index is 11.9. The van der Waals surface area contributed by atoms with Crippen molar-refractivity contribution in [1.82, 2.24) is 19.7 Å². The van der Waals surface area contributed by atoms with E-state index in [0.29, 0.717) is 10.9 Å². The molecule has 3 rings (SSSR count). The van der Waals surface area contributed by atoms with Gasteiger partial charge in [0.15, 0.2) is 0 Å². The lowest BCUT2D eigenvalue weighted by Gasteiger charge is -2.01. The van der Waals surface area contributed by atoms with Crippen LogP contribution in [-0.2, 0) is 0 Å². The number of para-hydroxylation sites is 1. The van der Waals surface area contributed by atoms with E-state index in [1.54, 1.807) is 24.3 Å². The first kappa shape index (κ1) is 26.3. The third kappa shape index (κ3) is 7.43. The van der Waals surface area contributed by atoms with Crippen LogP contribution in [0.15, 0.2) is 41.5 Å². The summed E-state index contributed by atoms with van der Waals surface area (Å²) in [7, 11) is 0. The molecule has 150 valence electrons. The van der Waals surface area contributed by atoms with E-state index in [9.17, 15) is 9.59 Å². The minimum absolute atomic E-state index is 0.0239. The Morgan fingerprint density at radius 3 is 2.07 bits per heavy atom. The first-order valence-electron chi connectivity index (χ1n) is 9.42. The lowest BCUT2D eigenvalue weighted by atomic mass is 10.2. The number of hydrogen-bond donors (Lipinski definition) is 2. The largest absolute Gasteiger partial charge is 0.478 e. The van der Waals surface area contributed by atoms with Crippen molar-refractivity contribution in [2.24, 2.45) is 0 Å². The van der Waals surface area contributed by atoms with Crippen LogP contribution in [0.3, 0.4) is 0 Å². The molecule has 0 aliphatic carbocycles. The molecule has 2 aromatic heterocycles. The van der Waals surface area contributed by atoms with Crippen molar-refractivity contribution >= 4 is 16.9 Å². The maximum atomic E-state index is 11.9. The zero-order valence-electron chi connectivity index (χ0n) is 17.6. The number of aromatic nitrogens is 4. The minimum Gasteiger partial charge on any atom is -0.478 e. The highest BCUT2D eigenvalue weighted by Gasteiger charge is 2.09. The Labute approximate surface area is 161 Å². The highest BCUT2D eigenvalue weighted by molar-refractivity contribution is 5.87. The fraction of sp³-hybridized carbons (Fsp3) is 0.400. The Morgan fingerprint density at radius 2 is 1.56 bits per heavy atom. The highest BCUT2D eigenvalue weighted by Crippen LogP contribution is 2.08. The molecule has 2 N–H and O–H groups in total. The number of carboxylic acids is 1. The van der Waals surface area contributed by atoms with Crippen LogP contribution < -0.4 is 5.56 Å². The predicted octanol–water partition coefficient (Wildman–Crippen LogP) is 4.91. The van der Waals surface area contributed by atoms with E-state index in [0.717, 1.165) is 0 Å². The number of aromatic amines is 1. The monoisotopic (exact) mass is 376 g/mol. The second-order valence-corrected chi connectivity index (χ2v) is 3.89. The maximum Gasteiger partial charge on any atom is 0.338 e. The molecule has 3 aromatic rings. The summed E-state index contributed by atoms with van der Waals surface area (Å²) in [6.45, 7) is 16.0. The smallest absolute Gasteiger partial charge is 0.338 e. The molecule has 0 fully saturated rings. The molecule has 2 heterocycles. The molecule has 0 amide bonds. The normalized spacial score (nSPS) is 8.44. The number of rotatable bonds is 2. The molecule has 0 unspecified atom stereocenters. The number of benzene rings is 1. The van der Waals surface area contributed by atoms with Crippen LogP contribution in [0.2, 0.25) is 0 Å². The van der Waals surface area contributed by atoms with Crippen LogP contribution in [0.4, 0.5) is 0 Å². The summed E-state index contributed by atoms with van der Waals surface area (Å²) in [5.74, 6) is -0.911. The molecule has 0 saturated carbocycles. The Morgan fingerprint density at radius 1 is 1.00 bits per heavy atom. The topological polar surface area (TPSA) is 101 Å². The number of hydrogen-bond acceptors (Lipinski definition) is 4. The van der Waals surface area contributed by atoms with Gasteiger partial charge in [-0.3, -0.25) is 9.78 Å². The molecule has 0 radical (unpaired) electrons. The van der Waals surface area contributed by atoms with Crippen molar-refractivity contribution in [3.8, 4) is 5.95 Å². The first-order chi connectivity index (χ1) is 13.1. The van der Waals surface area contributed by atoms with Gasteiger partial charge in [0.05, 0.1) is 22.7 Å². The lowest BCUT2D eigenvalue weighted by Crippen LogP contribution is -2.13. The predicted molar refractivity (Wildman–Crippen MR) is 112 cm³/mol. The lowest BCUT2D eigenvalue weighted by molar-refractivity contribution is 0.0697. The summed E-state index contributed by atoms with van der Waals surface area (Å²) in [6, 6.07) is 6.88. The molecule has 0 aliphatic rings. The van der Waals surface area contributed by atoms with Crippen molar-refractivity contribution in [2.45, 2.75) is 55.4 Å². The van der Waals surface area contributed by atoms with Gasteiger partial charge in [0, 0.05) is 6.20 Å². The van der Waals surface area contributed by atoms with Crippen LogP contribution in [0, 0.1) is 0 Å². The van der Waals surface area contributed by atoms with Crippen LogP contribution in [0.5, 0.6) is 0 Å². The van der Waals surface area contributed by atoms with Crippen molar-refractivity contribution < 1.29 is 9.90 Å². The number of aromatic carboxylic acids is 1. The fourth-order valence-corrected chi connectivity index (χ4v) is 1.73. The summed E-state index contributed by atoms with van der Waals surface area (Å²) >= 11 is 0. The molecule has 0 spiro atoms. The van der Waals surface area contributed by atoms with Crippen molar-refractivity contribution in [2.75, 3.05) is 0 Å². The van der Waals surface area contributed by atoms with Crippen molar-refractivity contribution in [3.05, 3.63) is 52.6 Å². The Bertz CT molecular complexity index is 838. The number of nitrogens with one attached hydrogen (secondary N) is 1. The van der Waals surface area contributed by atoms with Crippen LogP contribution in [0.25, 0.3) is 16.9 Å². The van der Waals surface area contributed by atoms with Crippen LogP contribution in [0.1, 0.15) is 65.7 Å². The molecular formula is C20H32N4O3. The zero-order valence-corrected chi connectivity index (χ0v) is 17.6. The van der Waals surface area contributed by atoms with E-state index in [1.807, 2.05) is 55.4 Å². The van der Waals surface area contributed by atoms with Crippen molar-refractivity contribution in [3.63, 3.8) is 0 Å². The number of carbonyl (C=O) groups is 1. The van der Waals surface area contributed by atoms with Crippen molar-refractivity contribution in [1.29, 1.82) is 0 Å². The number of carboxylic acid groups (broad SMARTS) is 1. The Balaban J connectivity index is 0. The molecule has 0 atom stereocenters. The molecule has 0 bridgehead atoms. The van der Waals surface area contributed by atoms with Crippen LogP contribution in [-0.4, -0.2) is 30.8 Å². The highest BCUT2D eigenvalue weighted by atomic mass is 16.4. The van der Waals surface area contributed by atoms with Crippen LogP contribution >= 0.6 is 0 Å². The molecular weight excluding hydrogens is 344 g/mol. The standard InChI is InChI=1S/C12H8N4O3.4C2H6/c17-10-8-3-1-2-4-9(8)14-12(15-10)16-6-7(5-13-16)11(18)19;4*1-2/h1-6H,(H,18,19)(H,14,15,17);4*1-2H3. The van der Waals surface area contributed by atoms with Gasteiger partial charge in [0.2, 0.25) is 5.95 Å². The minimum atomic E-state index is -1.09. The van der Waals surface area contributed by atoms with E-state index < -0.39 is 5.97 Å². The van der Waals surface area contributed by atoms with Gasteiger partial charge in [-0.1, -0.05) is 67.5 Å². The zero-order chi connectivity index (χ0) is 21.4. The summed E-state index contributed by atoms with van der Waals surface area (Å²) in [5.41, 5.74) is 0.248. The van der Waals surface area contributed by atoms with Gasteiger partial charge in [0.25, 0.3) is 5.56 Å². The molecule has 1 aromatic carbocycles. The Kier molecular flexibility index (Phi) is 14.9. The van der Waals surface area contributed by atoms with Gasteiger partial charge >= 0.3 is 5.97 Å². The molecule has 27 heavy (non-hydrogen) atoms. The van der Waals surface area contributed by atoms with Gasteiger partial charge in [-0.05, 0) is 12.1 Å². The SMILES string of the molecule is CC.CC.CC.CC.O=C(O)c1cnn(-c2nc3ccccc3c(=O)[nH]2)c1. The number of nitrogens with zero attached hydrogens (tertiary/aromatic N) is 3. The van der Waals surface area contributed by atoms with Gasteiger partial charge in [-0.2, -0.15) is 5.10 Å². The molecule has 7 nitrogen and oxygen atoms in total. The summed E-state index contributed by atoms with van der Waals surface area (Å²) in [4.78, 5) is 29.4. The second-order valence-electron chi connectivity index (χ2n) is 3.89. The summed E-state index contributed by atoms with van der Waals surface area (Å²) in [5, 5.41) is 13.2. The van der Waals surface area contributed by atoms with E-state index in [4.69, 9.17) is 5.11 Å². The first-order valence-corrected chi connectivity index (χ1v) is 9.42. The van der Waals surface area contributed by atoms with Gasteiger partial charge < -0.3 is 5.11 Å². The van der Waals surface area contributed by atoms with Gasteiger partial charge in [0.1, 0.15) is 0 Å². The average molecular weight is 377 g/mol. The van der Waals surface area contributed by atoms with E-state index in [-0.39, 0.29) is 17.1 Å². The number of H-pyrrole nitrogens is 1. The third-order valence-electron chi connectivity index (χ3n) is 2.65. The quantitative estimate of drug-likeness (QED) is 0.661. The molecule has 7 heteroatoms.